The fraction of sp³-hybridized carbons (Fsp3) is 0.727. The van der Waals surface area contributed by atoms with Crippen molar-refractivity contribution in [1.29, 1.82) is 0 Å². The third-order valence-electron chi connectivity index (χ3n) is 2.84. The maximum Gasteiger partial charge on any atom is 0.0940 e. The van der Waals surface area contributed by atoms with Crippen molar-refractivity contribution in [2.45, 2.75) is 19.4 Å². The summed E-state index contributed by atoms with van der Waals surface area (Å²) in [5.41, 5.74) is 7.02. The first-order valence-electron chi connectivity index (χ1n) is 5.71. The van der Waals surface area contributed by atoms with Crippen molar-refractivity contribution < 1.29 is 4.74 Å². The maximum atomic E-state index is 5.90. The molecule has 4 nitrogen and oxygen atoms in total. The van der Waals surface area contributed by atoms with Crippen LogP contribution in [0.4, 0.5) is 0 Å². The molecule has 1 aliphatic rings. The van der Waals surface area contributed by atoms with E-state index in [0.29, 0.717) is 12.5 Å². The number of nitrogens with two attached hydrogens (primary N) is 1. The molecule has 1 aliphatic heterocycles. The van der Waals surface area contributed by atoms with Crippen molar-refractivity contribution in [1.82, 2.24) is 10.3 Å². The molecule has 0 bridgehead atoms. The third-order valence-corrected chi connectivity index (χ3v) is 3.86. The zero-order valence-electron chi connectivity index (χ0n) is 9.61. The van der Waals surface area contributed by atoms with Gasteiger partial charge in [0.1, 0.15) is 0 Å². The van der Waals surface area contributed by atoms with E-state index in [-0.39, 0.29) is 6.04 Å². The Hall–Kier alpha value is -0.490. The maximum absolute atomic E-state index is 5.90. The Kier molecular flexibility index (Phi) is 4.29. The van der Waals surface area contributed by atoms with E-state index in [1.54, 1.807) is 11.3 Å². The molecule has 2 rings (SSSR count). The summed E-state index contributed by atoms with van der Waals surface area (Å²) in [6.07, 6.45) is 1.00. The average molecular weight is 241 g/mol. The van der Waals surface area contributed by atoms with E-state index >= 15 is 0 Å². The highest BCUT2D eigenvalue weighted by molar-refractivity contribution is 7.09. The van der Waals surface area contributed by atoms with Crippen molar-refractivity contribution in [2.75, 3.05) is 26.3 Å². The zero-order valence-corrected chi connectivity index (χ0v) is 10.4. The van der Waals surface area contributed by atoms with Crippen LogP contribution < -0.4 is 11.1 Å². The average Bonchev–Trinajstić information content (AvgIpc) is 2.83. The molecular weight excluding hydrogens is 222 g/mol. The SMILES string of the molecule is Cc1csc(CCNCC2COCC2N)n1. The van der Waals surface area contributed by atoms with Gasteiger partial charge in [0.2, 0.25) is 0 Å². The number of rotatable bonds is 5. The molecule has 0 aliphatic carbocycles. The minimum atomic E-state index is 0.203. The summed E-state index contributed by atoms with van der Waals surface area (Å²) in [5, 5.41) is 6.72. The van der Waals surface area contributed by atoms with E-state index in [2.05, 4.69) is 15.7 Å². The van der Waals surface area contributed by atoms with Gasteiger partial charge in [-0.15, -0.1) is 11.3 Å². The topological polar surface area (TPSA) is 60.2 Å². The molecule has 5 heteroatoms. The monoisotopic (exact) mass is 241 g/mol. The molecule has 1 aromatic rings. The van der Waals surface area contributed by atoms with Crippen LogP contribution in [0.3, 0.4) is 0 Å². The molecule has 1 saturated heterocycles. The zero-order chi connectivity index (χ0) is 11.4. The van der Waals surface area contributed by atoms with Gasteiger partial charge in [0, 0.05) is 42.5 Å². The molecule has 1 aromatic heterocycles. The highest BCUT2D eigenvalue weighted by Crippen LogP contribution is 2.11. The smallest absolute Gasteiger partial charge is 0.0940 e. The summed E-state index contributed by atoms with van der Waals surface area (Å²) in [4.78, 5) is 4.42. The molecule has 2 heterocycles. The predicted octanol–water partition coefficient (Wildman–Crippen LogP) is 0.557. The van der Waals surface area contributed by atoms with E-state index in [1.807, 2.05) is 6.92 Å². The van der Waals surface area contributed by atoms with Gasteiger partial charge in [0.05, 0.1) is 18.2 Å². The molecule has 2 atom stereocenters. The lowest BCUT2D eigenvalue weighted by Gasteiger charge is -2.13. The summed E-state index contributed by atoms with van der Waals surface area (Å²) < 4.78 is 5.31. The number of thiazole rings is 1. The van der Waals surface area contributed by atoms with Crippen LogP contribution in [0.2, 0.25) is 0 Å². The molecule has 0 radical (unpaired) electrons. The summed E-state index contributed by atoms with van der Waals surface area (Å²) >= 11 is 1.73. The van der Waals surface area contributed by atoms with Crippen LogP contribution in [0.25, 0.3) is 0 Å². The summed E-state index contributed by atoms with van der Waals surface area (Å²) in [5.74, 6) is 0.470. The van der Waals surface area contributed by atoms with Crippen molar-refractivity contribution in [3.63, 3.8) is 0 Å². The Balaban J connectivity index is 1.61. The summed E-state index contributed by atoms with van der Waals surface area (Å²) in [6, 6.07) is 0.203. The first kappa shape index (κ1) is 12.0. The van der Waals surface area contributed by atoms with Gasteiger partial charge in [-0.25, -0.2) is 4.98 Å². The van der Waals surface area contributed by atoms with E-state index in [1.165, 1.54) is 5.01 Å². The first-order valence-corrected chi connectivity index (χ1v) is 6.58. The van der Waals surface area contributed by atoms with Gasteiger partial charge >= 0.3 is 0 Å². The molecule has 2 unspecified atom stereocenters. The van der Waals surface area contributed by atoms with Crippen molar-refractivity contribution in [3.8, 4) is 0 Å². The number of nitrogens with one attached hydrogen (secondary N) is 1. The van der Waals surface area contributed by atoms with Gasteiger partial charge in [-0.1, -0.05) is 0 Å². The molecular formula is C11H19N3OS. The second kappa shape index (κ2) is 5.72. The lowest BCUT2D eigenvalue weighted by molar-refractivity contribution is 0.184. The highest BCUT2D eigenvalue weighted by Gasteiger charge is 2.23. The van der Waals surface area contributed by atoms with Crippen molar-refractivity contribution in [3.05, 3.63) is 16.1 Å². The minimum Gasteiger partial charge on any atom is -0.379 e. The largest absolute Gasteiger partial charge is 0.379 e. The van der Waals surface area contributed by atoms with Crippen LogP contribution in [0.15, 0.2) is 5.38 Å². The van der Waals surface area contributed by atoms with E-state index in [4.69, 9.17) is 10.5 Å². The standard InChI is InChI=1S/C11H19N3OS/c1-8-7-16-11(14-8)2-3-13-4-9-5-15-6-10(9)12/h7,9-10,13H,2-6,12H2,1H3. The molecule has 3 N–H and O–H groups in total. The first-order chi connectivity index (χ1) is 7.75. The van der Waals surface area contributed by atoms with Crippen LogP contribution in [-0.2, 0) is 11.2 Å². The fourth-order valence-electron chi connectivity index (χ4n) is 1.83. The number of nitrogens with zero attached hydrogens (tertiary/aromatic N) is 1. The Morgan fingerprint density at radius 1 is 1.62 bits per heavy atom. The Bertz CT molecular complexity index is 329. The van der Waals surface area contributed by atoms with E-state index in [0.717, 1.165) is 31.8 Å². The molecule has 0 aromatic carbocycles. The summed E-state index contributed by atoms with van der Waals surface area (Å²) in [6.45, 7) is 5.45. The van der Waals surface area contributed by atoms with E-state index in [9.17, 15) is 0 Å². The van der Waals surface area contributed by atoms with Crippen LogP contribution in [0.5, 0.6) is 0 Å². The number of aromatic nitrogens is 1. The van der Waals surface area contributed by atoms with Crippen molar-refractivity contribution >= 4 is 11.3 Å². The molecule has 0 amide bonds. The molecule has 0 spiro atoms. The lowest BCUT2D eigenvalue weighted by Crippen LogP contribution is -2.36. The van der Waals surface area contributed by atoms with Gasteiger partial charge in [-0.3, -0.25) is 0 Å². The molecule has 1 fully saturated rings. The number of hydrogen-bond acceptors (Lipinski definition) is 5. The molecule has 0 saturated carbocycles. The van der Waals surface area contributed by atoms with E-state index < -0.39 is 0 Å². The van der Waals surface area contributed by atoms with Crippen LogP contribution in [0, 0.1) is 12.8 Å². The van der Waals surface area contributed by atoms with Crippen LogP contribution in [-0.4, -0.2) is 37.3 Å². The Morgan fingerprint density at radius 2 is 2.50 bits per heavy atom. The fourth-order valence-corrected chi connectivity index (χ4v) is 2.60. The Morgan fingerprint density at radius 3 is 3.12 bits per heavy atom. The minimum absolute atomic E-state index is 0.203. The second-order valence-electron chi connectivity index (χ2n) is 4.30. The Labute approximate surface area is 100 Å². The third kappa shape index (κ3) is 3.25. The van der Waals surface area contributed by atoms with Crippen molar-refractivity contribution in [2.24, 2.45) is 11.7 Å². The normalized spacial score (nSPS) is 25.1. The van der Waals surface area contributed by atoms with Gasteiger partial charge in [-0.05, 0) is 6.92 Å². The number of aryl methyl sites for hydroxylation is 1. The molecule has 16 heavy (non-hydrogen) atoms. The van der Waals surface area contributed by atoms with Crippen LogP contribution >= 0.6 is 11.3 Å². The van der Waals surface area contributed by atoms with Gasteiger partial charge in [-0.2, -0.15) is 0 Å². The van der Waals surface area contributed by atoms with Gasteiger partial charge < -0.3 is 15.8 Å². The quantitative estimate of drug-likeness (QED) is 0.739. The van der Waals surface area contributed by atoms with Gasteiger partial charge in [0.25, 0.3) is 0 Å². The number of ether oxygens (including phenoxy) is 1. The number of hydrogen-bond donors (Lipinski definition) is 2. The highest BCUT2D eigenvalue weighted by atomic mass is 32.1. The molecule has 90 valence electrons. The van der Waals surface area contributed by atoms with Gasteiger partial charge in [0.15, 0.2) is 0 Å². The van der Waals surface area contributed by atoms with Crippen LogP contribution in [0.1, 0.15) is 10.7 Å². The summed E-state index contributed by atoms with van der Waals surface area (Å²) in [7, 11) is 0. The predicted molar refractivity (Wildman–Crippen MR) is 65.7 cm³/mol. The second-order valence-corrected chi connectivity index (χ2v) is 5.24. The lowest BCUT2D eigenvalue weighted by atomic mass is 10.1.